The summed E-state index contributed by atoms with van der Waals surface area (Å²) in [6, 6.07) is 16.8. The largest absolute Gasteiger partial charge is 0.480 e. The third kappa shape index (κ3) is 7.00. The predicted molar refractivity (Wildman–Crippen MR) is 149 cm³/mol. The van der Waals surface area contributed by atoms with Crippen molar-refractivity contribution in [1.29, 1.82) is 0 Å². The lowest BCUT2D eigenvalue weighted by Crippen LogP contribution is -2.46. The van der Waals surface area contributed by atoms with Crippen LogP contribution in [-0.2, 0) is 11.2 Å². The minimum Gasteiger partial charge on any atom is -0.480 e. The molecule has 1 aliphatic carbocycles. The molecule has 1 N–H and O–H groups in total. The van der Waals surface area contributed by atoms with E-state index >= 15 is 0 Å². The molecule has 3 atom stereocenters. The van der Waals surface area contributed by atoms with E-state index < -0.39 is 5.97 Å². The fraction of sp³-hybridized carbons (Fsp3) is 0.625. The van der Waals surface area contributed by atoms with Gasteiger partial charge in [0.25, 0.3) is 0 Å². The number of aryl methyl sites for hydroxylation is 1. The van der Waals surface area contributed by atoms with Crippen LogP contribution in [0.4, 0.5) is 0 Å². The number of nitrogens with zero attached hydrogens (tertiary/aromatic N) is 3. The van der Waals surface area contributed by atoms with Gasteiger partial charge in [-0.2, -0.15) is 0 Å². The Morgan fingerprint density at radius 3 is 2.41 bits per heavy atom. The Morgan fingerprint density at radius 1 is 0.946 bits per heavy atom. The first-order chi connectivity index (χ1) is 18.2. The van der Waals surface area contributed by atoms with E-state index in [1.165, 1.54) is 69.3 Å². The smallest absolute Gasteiger partial charge is 0.321 e. The highest BCUT2D eigenvalue weighted by atomic mass is 16.4. The molecule has 3 heterocycles. The van der Waals surface area contributed by atoms with E-state index in [2.05, 4.69) is 57.2 Å². The molecule has 5 nitrogen and oxygen atoms in total. The Hall–Kier alpha value is -2.24. The SMILES string of the molecule is O=C(O)[C@@H](C1CCCCC1)N1C[C@H](CN2CCC(CCCc3ccccn3)CC2)[C@@H](c2ccccc2)C1. The summed E-state index contributed by atoms with van der Waals surface area (Å²) in [6.45, 7) is 5.24. The number of rotatable bonds is 10. The highest BCUT2D eigenvalue weighted by Crippen LogP contribution is 2.38. The van der Waals surface area contributed by atoms with E-state index in [9.17, 15) is 9.90 Å². The molecule has 0 unspecified atom stereocenters. The Labute approximate surface area is 223 Å². The fourth-order valence-electron chi connectivity index (χ4n) is 7.41. The summed E-state index contributed by atoms with van der Waals surface area (Å²) >= 11 is 0. The number of benzene rings is 1. The second-order valence-electron chi connectivity index (χ2n) is 11.9. The lowest BCUT2D eigenvalue weighted by atomic mass is 9.83. The van der Waals surface area contributed by atoms with Crippen LogP contribution in [0.2, 0.25) is 0 Å². The maximum Gasteiger partial charge on any atom is 0.321 e. The molecule has 1 aromatic carbocycles. The van der Waals surface area contributed by atoms with Gasteiger partial charge < -0.3 is 10.0 Å². The van der Waals surface area contributed by atoms with Gasteiger partial charge in [-0.25, -0.2) is 0 Å². The number of piperidine rings is 1. The van der Waals surface area contributed by atoms with E-state index in [0.29, 0.717) is 17.8 Å². The quantitative estimate of drug-likeness (QED) is 0.440. The zero-order valence-electron chi connectivity index (χ0n) is 22.4. The van der Waals surface area contributed by atoms with Crippen molar-refractivity contribution in [3.05, 3.63) is 66.0 Å². The molecule has 2 saturated heterocycles. The number of carbonyl (C=O) groups is 1. The molecule has 5 heteroatoms. The third-order valence-corrected chi connectivity index (χ3v) is 9.41. The van der Waals surface area contributed by atoms with Gasteiger partial charge in [0.1, 0.15) is 6.04 Å². The predicted octanol–water partition coefficient (Wildman–Crippen LogP) is 5.87. The first kappa shape index (κ1) is 26.4. The van der Waals surface area contributed by atoms with E-state index in [1.807, 2.05) is 12.3 Å². The van der Waals surface area contributed by atoms with Crippen molar-refractivity contribution in [2.24, 2.45) is 17.8 Å². The van der Waals surface area contributed by atoms with Crippen LogP contribution < -0.4 is 0 Å². The number of hydrogen-bond acceptors (Lipinski definition) is 4. The number of pyridine rings is 1. The van der Waals surface area contributed by atoms with Crippen molar-refractivity contribution < 1.29 is 9.90 Å². The standard InChI is InChI=1S/C32H45N3O2/c36-32(37)31(27-13-5-2-6-14-27)35-23-28(30(24-35)26-11-3-1-4-12-26)22-34-20-17-25(18-21-34)10-9-16-29-15-7-8-19-33-29/h1,3-4,7-8,11-12,15,19,25,27-28,30-31H,2,5-6,9-10,13-14,16-18,20-24H2,(H,36,37)/t28-,30+,31+/m0/s1. The normalized spacial score (nSPS) is 25.3. The van der Waals surface area contributed by atoms with Gasteiger partial charge in [0.2, 0.25) is 0 Å². The first-order valence-electron chi connectivity index (χ1n) is 14.8. The summed E-state index contributed by atoms with van der Waals surface area (Å²) in [6.07, 6.45) is 13.9. The highest BCUT2D eigenvalue weighted by Gasteiger charge is 2.43. The zero-order valence-corrected chi connectivity index (χ0v) is 22.4. The molecule has 1 saturated carbocycles. The van der Waals surface area contributed by atoms with Crippen molar-refractivity contribution in [3.8, 4) is 0 Å². The maximum atomic E-state index is 12.5. The summed E-state index contributed by atoms with van der Waals surface area (Å²) in [5, 5.41) is 10.3. The van der Waals surface area contributed by atoms with Gasteiger partial charge in [0, 0.05) is 37.4 Å². The zero-order chi connectivity index (χ0) is 25.5. The Morgan fingerprint density at radius 2 is 1.70 bits per heavy atom. The van der Waals surface area contributed by atoms with Gasteiger partial charge >= 0.3 is 5.97 Å². The van der Waals surface area contributed by atoms with Gasteiger partial charge in [0.05, 0.1) is 0 Å². The molecule has 37 heavy (non-hydrogen) atoms. The average molecular weight is 504 g/mol. The third-order valence-electron chi connectivity index (χ3n) is 9.41. The van der Waals surface area contributed by atoms with Gasteiger partial charge in [0.15, 0.2) is 0 Å². The van der Waals surface area contributed by atoms with Crippen molar-refractivity contribution in [1.82, 2.24) is 14.8 Å². The first-order valence-corrected chi connectivity index (χ1v) is 14.8. The number of aliphatic carboxylic acids is 1. The van der Waals surface area contributed by atoms with Crippen LogP contribution in [0.15, 0.2) is 54.7 Å². The van der Waals surface area contributed by atoms with Gasteiger partial charge in [-0.3, -0.25) is 14.7 Å². The van der Waals surface area contributed by atoms with Crippen LogP contribution in [0, 0.1) is 17.8 Å². The van der Waals surface area contributed by atoms with Gasteiger partial charge in [-0.15, -0.1) is 0 Å². The summed E-state index contributed by atoms with van der Waals surface area (Å²) in [7, 11) is 0. The van der Waals surface area contributed by atoms with Crippen molar-refractivity contribution >= 4 is 5.97 Å². The molecule has 1 aromatic heterocycles. The van der Waals surface area contributed by atoms with Gasteiger partial charge in [-0.05, 0) is 93.5 Å². The highest BCUT2D eigenvalue weighted by molar-refractivity contribution is 5.74. The monoisotopic (exact) mass is 503 g/mol. The number of carboxylic acid groups (broad SMARTS) is 1. The molecule has 200 valence electrons. The van der Waals surface area contributed by atoms with Gasteiger partial charge in [-0.1, -0.05) is 55.7 Å². The lowest BCUT2D eigenvalue weighted by molar-refractivity contribution is -0.145. The molecule has 5 rings (SSSR count). The Kier molecular flexibility index (Phi) is 9.28. The van der Waals surface area contributed by atoms with Crippen LogP contribution in [0.3, 0.4) is 0 Å². The summed E-state index contributed by atoms with van der Waals surface area (Å²) in [4.78, 5) is 22.0. The number of aromatic nitrogens is 1. The molecular formula is C32H45N3O2. The van der Waals surface area contributed by atoms with Crippen LogP contribution in [0.1, 0.15) is 75.0 Å². The molecule has 0 amide bonds. The molecule has 2 aliphatic heterocycles. The van der Waals surface area contributed by atoms with E-state index in [-0.39, 0.29) is 6.04 Å². The Balaban J connectivity index is 1.17. The molecule has 2 aromatic rings. The molecule has 0 bridgehead atoms. The summed E-state index contributed by atoms with van der Waals surface area (Å²) in [5.74, 6) is 1.44. The molecule has 0 radical (unpaired) electrons. The van der Waals surface area contributed by atoms with E-state index in [4.69, 9.17) is 0 Å². The second kappa shape index (κ2) is 13.0. The molecule has 3 aliphatic rings. The van der Waals surface area contributed by atoms with Crippen LogP contribution in [0.5, 0.6) is 0 Å². The fourth-order valence-corrected chi connectivity index (χ4v) is 7.41. The Bertz CT molecular complexity index is 955. The van der Waals surface area contributed by atoms with Crippen molar-refractivity contribution in [3.63, 3.8) is 0 Å². The van der Waals surface area contributed by atoms with Crippen molar-refractivity contribution in [2.75, 3.05) is 32.7 Å². The van der Waals surface area contributed by atoms with Crippen LogP contribution in [0.25, 0.3) is 0 Å². The summed E-state index contributed by atoms with van der Waals surface area (Å²) < 4.78 is 0. The minimum absolute atomic E-state index is 0.309. The summed E-state index contributed by atoms with van der Waals surface area (Å²) in [5.41, 5.74) is 2.60. The topological polar surface area (TPSA) is 56.7 Å². The maximum absolute atomic E-state index is 12.5. The second-order valence-corrected chi connectivity index (χ2v) is 11.9. The molecular weight excluding hydrogens is 458 g/mol. The number of hydrogen-bond donors (Lipinski definition) is 1. The number of carboxylic acids is 1. The number of likely N-dealkylation sites (tertiary alicyclic amines) is 2. The lowest BCUT2D eigenvalue weighted by Gasteiger charge is -2.35. The average Bonchev–Trinajstić information content (AvgIpc) is 3.34. The van der Waals surface area contributed by atoms with Crippen LogP contribution >= 0.6 is 0 Å². The molecule has 0 spiro atoms. The van der Waals surface area contributed by atoms with E-state index in [0.717, 1.165) is 44.8 Å². The molecule has 3 fully saturated rings. The van der Waals surface area contributed by atoms with Crippen LogP contribution in [-0.4, -0.2) is 64.6 Å². The van der Waals surface area contributed by atoms with Crippen molar-refractivity contribution in [2.45, 2.75) is 76.2 Å². The van der Waals surface area contributed by atoms with E-state index in [1.54, 1.807) is 0 Å². The minimum atomic E-state index is -0.606.